The van der Waals surface area contributed by atoms with Gasteiger partial charge in [-0.05, 0) is 63.5 Å². The largest absolute Gasteiger partial charge is 0.501 e. The normalized spacial score (nSPS) is 24.3. The Labute approximate surface area is 191 Å². The first-order valence-corrected chi connectivity index (χ1v) is 15.8. The zero-order valence-electron chi connectivity index (χ0n) is 20.3. The zero-order valence-corrected chi connectivity index (χ0v) is 22.2. The highest BCUT2D eigenvalue weighted by Gasteiger charge is 2.45. The van der Waals surface area contributed by atoms with Crippen molar-refractivity contribution in [1.82, 2.24) is 0 Å². The lowest BCUT2D eigenvalue weighted by Crippen LogP contribution is -2.47. The fourth-order valence-electron chi connectivity index (χ4n) is 4.64. The smallest absolute Gasteiger partial charge is 0.374 e. The first-order valence-electron chi connectivity index (χ1n) is 12.0. The number of hydrogen-bond acceptors (Lipinski definition) is 5. The molecular weight excluding hydrogens is 427 g/mol. The lowest BCUT2D eigenvalue weighted by Gasteiger charge is -2.39. The van der Waals surface area contributed by atoms with Gasteiger partial charge in [-0.2, -0.15) is 0 Å². The number of rotatable bonds is 13. The van der Waals surface area contributed by atoms with Crippen LogP contribution >= 0.6 is 7.37 Å². The summed E-state index contributed by atoms with van der Waals surface area (Å²) in [7, 11) is -6.02. The summed E-state index contributed by atoms with van der Waals surface area (Å²) in [6, 6.07) is 10.2. The van der Waals surface area contributed by atoms with Gasteiger partial charge < -0.3 is 17.8 Å². The van der Waals surface area contributed by atoms with E-state index >= 15 is 0 Å². The van der Waals surface area contributed by atoms with Gasteiger partial charge in [0.05, 0.1) is 6.10 Å². The van der Waals surface area contributed by atoms with Crippen LogP contribution in [0.4, 0.5) is 0 Å². The van der Waals surface area contributed by atoms with Crippen LogP contribution in [-0.2, 0) is 22.4 Å². The topological polar surface area (TPSA) is 54.0 Å². The summed E-state index contributed by atoms with van der Waals surface area (Å²) in [5.41, 5.74) is 0. The molecule has 1 aromatic rings. The van der Waals surface area contributed by atoms with Gasteiger partial charge in [0.25, 0.3) is 0 Å². The van der Waals surface area contributed by atoms with Crippen molar-refractivity contribution in [2.24, 2.45) is 17.8 Å². The molecule has 1 saturated carbocycles. The second-order valence-corrected chi connectivity index (χ2v) is 14.2. The molecule has 0 heterocycles. The molecule has 178 valence electrons. The van der Waals surface area contributed by atoms with Crippen LogP contribution in [-0.4, -0.2) is 40.9 Å². The van der Waals surface area contributed by atoms with Crippen LogP contribution in [0.3, 0.4) is 0 Å². The molecule has 0 aromatic heterocycles. The number of benzene rings is 1. The van der Waals surface area contributed by atoms with Gasteiger partial charge in [0.1, 0.15) is 0 Å². The second-order valence-electron chi connectivity index (χ2n) is 8.93. The lowest BCUT2D eigenvalue weighted by atomic mass is 9.75. The predicted octanol–water partition coefficient (Wildman–Crippen LogP) is 6.12. The van der Waals surface area contributed by atoms with Crippen molar-refractivity contribution < 1.29 is 22.4 Å². The maximum atomic E-state index is 14.5. The summed E-state index contributed by atoms with van der Waals surface area (Å²) in [6.45, 7) is 14.2. The van der Waals surface area contributed by atoms with Gasteiger partial charge in [0.2, 0.25) is 7.37 Å². The third-order valence-corrected chi connectivity index (χ3v) is 12.2. The number of hydrogen-bond donors (Lipinski definition) is 0. The molecule has 1 aromatic carbocycles. The molecule has 1 aliphatic carbocycles. The van der Waals surface area contributed by atoms with E-state index in [4.69, 9.17) is 17.8 Å². The van der Waals surface area contributed by atoms with Gasteiger partial charge >= 0.3 is 8.80 Å². The first kappa shape index (κ1) is 26.8. The molecular formula is C24H43O5PSi. The highest BCUT2D eigenvalue weighted by molar-refractivity contribution is 7.67. The molecule has 0 saturated heterocycles. The molecule has 1 fully saturated rings. The van der Waals surface area contributed by atoms with Crippen molar-refractivity contribution in [2.45, 2.75) is 73.0 Å². The molecule has 5 nitrogen and oxygen atoms in total. The van der Waals surface area contributed by atoms with Gasteiger partial charge in [-0.25, -0.2) is 0 Å². The summed E-state index contributed by atoms with van der Waals surface area (Å²) < 4.78 is 39.2. The van der Waals surface area contributed by atoms with Crippen molar-refractivity contribution in [3.8, 4) is 0 Å². The molecule has 0 amide bonds. The third kappa shape index (κ3) is 7.51. The van der Waals surface area contributed by atoms with Gasteiger partial charge in [0.15, 0.2) is 0 Å². The highest BCUT2D eigenvalue weighted by Crippen LogP contribution is 2.52. The van der Waals surface area contributed by atoms with E-state index in [9.17, 15) is 4.57 Å². The molecule has 0 bridgehead atoms. The van der Waals surface area contributed by atoms with Crippen LogP contribution in [0.25, 0.3) is 0 Å². The van der Waals surface area contributed by atoms with Gasteiger partial charge in [0, 0.05) is 37.3 Å². The standard InChI is InChI=1S/C24H43O5PSi/c1-7-26-31(27-8-2,28-9-3)18-17-30(25,22-13-11-10-12-14-22)29-24-19-21(6)15-16-23(24)20(4)5/h10-14,20-21,23-24H,7-9,15-19H2,1-6H3/t21-,23+,24-,30+/m1/s1. The summed E-state index contributed by atoms with van der Waals surface area (Å²) in [4.78, 5) is 0. The van der Waals surface area contributed by atoms with E-state index in [0.717, 1.165) is 18.1 Å². The van der Waals surface area contributed by atoms with Crippen molar-refractivity contribution in [3.63, 3.8) is 0 Å². The fraction of sp³-hybridized carbons (Fsp3) is 0.750. The van der Waals surface area contributed by atoms with Crippen LogP contribution in [0.5, 0.6) is 0 Å². The summed E-state index contributed by atoms with van der Waals surface area (Å²) in [6.07, 6.45) is 3.70. The van der Waals surface area contributed by atoms with E-state index in [1.54, 1.807) is 0 Å². The summed E-state index contributed by atoms with van der Waals surface area (Å²) in [5, 5.41) is 0.781. The Balaban J connectivity index is 2.32. The minimum atomic E-state index is -3.12. The Kier molecular flexibility index (Phi) is 10.9. The Morgan fingerprint density at radius 3 is 2.10 bits per heavy atom. The Morgan fingerprint density at radius 1 is 1.00 bits per heavy atom. The van der Waals surface area contributed by atoms with E-state index in [2.05, 4.69) is 20.8 Å². The molecule has 4 atom stereocenters. The minimum Gasteiger partial charge on any atom is -0.374 e. The molecule has 2 rings (SSSR count). The second kappa shape index (κ2) is 12.7. The molecule has 0 aliphatic heterocycles. The van der Waals surface area contributed by atoms with E-state index in [1.807, 2.05) is 51.1 Å². The fourth-order valence-corrected chi connectivity index (χ4v) is 10.7. The van der Waals surface area contributed by atoms with Crippen molar-refractivity contribution in [1.29, 1.82) is 0 Å². The van der Waals surface area contributed by atoms with Crippen molar-refractivity contribution in [2.75, 3.05) is 26.0 Å². The summed E-state index contributed by atoms with van der Waals surface area (Å²) >= 11 is 0. The average Bonchev–Trinajstić information content (AvgIpc) is 2.73. The monoisotopic (exact) mass is 470 g/mol. The van der Waals surface area contributed by atoms with E-state index < -0.39 is 16.2 Å². The molecule has 0 radical (unpaired) electrons. The highest BCUT2D eigenvalue weighted by atomic mass is 31.2. The van der Waals surface area contributed by atoms with E-state index in [1.165, 1.54) is 6.42 Å². The Hall–Kier alpha value is -0.493. The van der Waals surface area contributed by atoms with Crippen LogP contribution in [0.15, 0.2) is 30.3 Å². The predicted molar refractivity (Wildman–Crippen MR) is 130 cm³/mol. The zero-order chi connectivity index (χ0) is 22.9. The molecule has 0 unspecified atom stereocenters. The maximum Gasteiger partial charge on any atom is 0.501 e. The van der Waals surface area contributed by atoms with Crippen LogP contribution in [0.2, 0.25) is 6.04 Å². The van der Waals surface area contributed by atoms with Gasteiger partial charge in [-0.15, -0.1) is 0 Å². The van der Waals surface area contributed by atoms with E-state index in [-0.39, 0.29) is 6.10 Å². The van der Waals surface area contributed by atoms with Crippen molar-refractivity contribution in [3.05, 3.63) is 30.3 Å². The Morgan fingerprint density at radius 2 is 1.58 bits per heavy atom. The van der Waals surface area contributed by atoms with Crippen LogP contribution in [0, 0.1) is 17.8 Å². The molecule has 0 spiro atoms. The maximum absolute atomic E-state index is 14.5. The molecule has 31 heavy (non-hydrogen) atoms. The summed E-state index contributed by atoms with van der Waals surface area (Å²) in [5.74, 6) is 1.53. The SMILES string of the molecule is CCO[Si](CC[P@](=O)(O[C@@H]1C[C@H](C)CC[C@H]1C(C)C)c1ccccc1)(OCC)OCC. The molecule has 7 heteroatoms. The minimum absolute atomic E-state index is 0.0112. The van der Waals surface area contributed by atoms with E-state index in [0.29, 0.717) is 49.8 Å². The molecule has 1 aliphatic rings. The average molecular weight is 471 g/mol. The van der Waals surface area contributed by atoms with Crippen LogP contribution < -0.4 is 5.30 Å². The van der Waals surface area contributed by atoms with Crippen LogP contribution in [0.1, 0.15) is 60.8 Å². The Bertz CT molecular complexity index is 667. The van der Waals surface area contributed by atoms with Gasteiger partial charge in [-0.3, -0.25) is 4.57 Å². The molecule has 0 N–H and O–H groups in total. The first-order chi connectivity index (χ1) is 14.8. The third-order valence-electron chi connectivity index (χ3n) is 6.22. The quantitative estimate of drug-likeness (QED) is 0.257. The lowest BCUT2D eigenvalue weighted by molar-refractivity contribution is 0.0489. The van der Waals surface area contributed by atoms with Crippen molar-refractivity contribution >= 4 is 21.5 Å². The van der Waals surface area contributed by atoms with Gasteiger partial charge in [-0.1, -0.05) is 45.4 Å².